The Labute approximate surface area is 104 Å². The molecule has 1 aliphatic carbocycles. The SMILES string of the molecule is C1=CC2=CN=CN3c4ccccc4SC(=C1)C23. The van der Waals surface area contributed by atoms with Crippen LogP contribution in [0.5, 0.6) is 0 Å². The zero-order chi connectivity index (χ0) is 11.2. The van der Waals surface area contributed by atoms with Crippen molar-refractivity contribution < 1.29 is 0 Å². The van der Waals surface area contributed by atoms with Gasteiger partial charge < -0.3 is 4.90 Å². The average molecular weight is 238 g/mol. The van der Waals surface area contributed by atoms with Crippen molar-refractivity contribution in [1.82, 2.24) is 0 Å². The van der Waals surface area contributed by atoms with Gasteiger partial charge in [-0.25, -0.2) is 4.99 Å². The third-order valence-electron chi connectivity index (χ3n) is 3.20. The number of hydrogen-bond acceptors (Lipinski definition) is 3. The predicted molar refractivity (Wildman–Crippen MR) is 72.4 cm³/mol. The highest BCUT2D eigenvalue weighted by Crippen LogP contribution is 2.47. The smallest absolute Gasteiger partial charge is 0.0958 e. The summed E-state index contributed by atoms with van der Waals surface area (Å²) in [7, 11) is 0. The Balaban J connectivity index is 1.96. The van der Waals surface area contributed by atoms with Crippen LogP contribution in [-0.4, -0.2) is 12.4 Å². The minimum absolute atomic E-state index is 0.331. The molecule has 0 saturated heterocycles. The van der Waals surface area contributed by atoms with E-state index in [1.54, 1.807) is 0 Å². The summed E-state index contributed by atoms with van der Waals surface area (Å²) in [4.78, 5) is 9.27. The van der Waals surface area contributed by atoms with Gasteiger partial charge in [-0.3, -0.25) is 0 Å². The first-order chi connectivity index (χ1) is 8.43. The third kappa shape index (κ3) is 1.26. The van der Waals surface area contributed by atoms with E-state index in [2.05, 4.69) is 52.4 Å². The first kappa shape index (κ1) is 9.31. The van der Waals surface area contributed by atoms with Gasteiger partial charge in [0, 0.05) is 16.0 Å². The van der Waals surface area contributed by atoms with Crippen molar-refractivity contribution in [1.29, 1.82) is 0 Å². The van der Waals surface area contributed by atoms with Crippen molar-refractivity contribution >= 4 is 23.8 Å². The number of aliphatic imine (C=N–C) groups is 1. The molecule has 3 aliphatic rings. The van der Waals surface area contributed by atoms with Crippen LogP contribution in [0, 0.1) is 0 Å². The van der Waals surface area contributed by atoms with Crippen LogP contribution in [0.2, 0.25) is 0 Å². The maximum absolute atomic E-state index is 4.33. The summed E-state index contributed by atoms with van der Waals surface area (Å²) < 4.78 is 0. The number of benzene rings is 1. The molecule has 0 bridgehead atoms. The highest BCUT2D eigenvalue weighted by Gasteiger charge is 2.33. The average Bonchev–Trinajstić information content (AvgIpc) is 2.39. The van der Waals surface area contributed by atoms with Gasteiger partial charge in [-0.2, -0.15) is 0 Å². The molecule has 17 heavy (non-hydrogen) atoms. The number of nitrogens with zero attached hydrogens (tertiary/aromatic N) is 2. The summed E-state index contributed by atoms with van der Waals surface area (Å²) in [5.41, 5.74) is 2.52. The first-order valence-corrected chi connectivity index (χ1v) is 6.42. The van der Waals surface area contributed by atoms with E-state index in [9.17, 15) is 0 Å². The second kappa shape index (κ2) is 3.37. The number of hydrogen-bond donors (Lipinski definition) is 0. The van der Waals surface area contributed by atoms with E-state index in [4.69, 9.17) is 0 Å². The van der Waals surface area contributed by atoms with Crippen molar-refractivity contribution in [2.45, 2.75) is 10.9 Å². The fraction of sp³-hybridized carbons (Fsp3) is 0.0714. The van der Waals surface area contributed by atoms with E-state index in [0.29, 0.717) is 6.04 Å². The Kier molecular flexibility index (Phi) is 1.85. The highest BCUT2D eigenvalue weighted by molar-refractivity contribution is 8.03. The molecular formula is C14H10N2S. The molecule has 1 aromatic carbocycles. The number of allylic oxidation sites excluding steroid dienone is 2. The van der Waals surface area contributed by atoms with Crippen LogP contribution < -0.4 is 4.90 Å². The quantitative estimate of drug-likeness (QED) is 0.689. The molecule has 4 rings (SSSR count). The van der Waals surface area contributed by atoms with Crippen molar-refractivity contribution in [2.24, 2.45) is 4.99 Å². The molecule has 0 amide bonds. The molecule has 1 unspecified atom stereocenters. The third-order valence-corrected chi connectivity index (χ3v) is 4.36. The molecule has 0 radical (unpaired) electrons. The lowest BCUT2D eigenvalue weighted by Crippen LogP contribution is -2.41. The lowest BCUT2D eigenvalue weighted by atomic mass is 9.99. The Morgan fingerprint density at radius 1 is 1.24 bits per heavy atom. The minimum atomic E-state index is 0.331. The predicted octanol–water partition coefficient (Wildman–Crippen LogP) is 3.35. The molecule has 1 aromatic rings. The lowest BCUT2D eigenvalue weighted by Gasteiger charge is -2.40. The second-order valence-corrected chi connectivity index (χ2v) is 5.32. The Morgan fingerprint density at radius 2 is 2.18 bits per heavy atom. The van der Waals surface area contributed by atoms with E-state index < -0.39 is 0 Å². The maximum Gasteiger partial charge on any atom is 0.0958 e. The van der Waals surface area contributed by atoms with Crippen molar-refractivity contribution in [3.05, 3.63) is 59.2 Å². The molecule has 2 aliphatic heterocycles. The van der Waals surface area contributed by atoms with Crippen molar-refractivity contribution in [3.63, 3.8) is 0 Å². The summed E-state index contributed by atoms with van der Waals surface area (Å²) in [6.45, 7) is 0. The van der Waals surface area contributed by atoms with Gasteiger partial charge in [-0.05, 0) is 23.8 Å². The van der Waals surface area contributed by atoms with Gasteiger partial charge in [0.2, 0.25) is 0 Å². The topological polar surface area (TPSA) is 15.6 Å². The zero-order valence-electron chi connectivity index (χ0n) is 9.08. The van der Waals surface area contributed by atoms with Crippen LogP contribution in [0.25, 0.3) is 0 Å². The standard InChI is InChI=1S/C14H10N2S/c1-2-6-12-11(5-1)16-9-15-8-10-4-3-7-13(17-12)14(10)16/h1-9,14H. The molecule has 0 N–H and O–H groups in total. The number of anilines is 1. The van der Waals surface area contributed by atoms with E-state index in [-0.39, 0.29) is 0 Å². The van der Waals surface area contributed by atoms with E-state index in [1.165, 1.54) is 21.1 Å². The Bertz CT molecular complexity index is 610. The molecular weight excluding hydrogens is 228 g/mol. The molecule has 0 spiro atoms. The lowest BCUT2D eigenvalue weighted by molar-refractivity contribution is 0.884. The van der Waals surface area contributed by atoms with Gasteiger partial charge in [0.05, 0.1) is 18.1 Å². The van der Waals surface area contributed by atoms with E-state index in [0.717, 1.165) is 0 Å². The molecule has 2 heterocycles. The molecule has 2 nitrogen and oxygen atoms in total. The maximum atomic E-state index is 4.33. The van der Waals surface area contributed by atoms with E-state index in [1.807, 2.05) is 24.3 Å². The molecule has 0 aromatic heterocycles. The zero-order valence-corrected chi connectivity index (χ0v) is 9.89. The summed E-state index contributed by atoms with van der Waals surface area (Å²) in [6.07, 6.45) is 10.3. The Morgan fingerprint density at radius 3 is 3.18 bits per heavy atom. The fourth-order valence-corrected chi connectivity index (χ4v) is 3.63. The summed E-state index contributed by atoms with van der Waals surface area (Å²) in [5, 5.41) is 0. The summed E-state index contributed by atoms with van der Waals surface area (Å²) in [6, 6.07) is 8.83. The van der Waals surface area contributed by atoms with Gasteiger partial charge >= 0.3 is 0 Å². The minimum Gasteiger partial charge on any atom is -0.319 e. The molecule has 82 valence electrons. The molecule has 0 fully saturated rings. The van der Waals surface area contributed by atoms with Gasteiger partial charge in [0.15, 0.2) is 0 Å². The van der Waals surface area contributed by atoms with Gasteiger partial charge in [-0.15, -0.1) is 0 Å². The summed E-state index contributed by atoms with van der Waals surface area (Å²) >= 11 is 1.86. The number of thioether (sulfide) groups is 1. The Hall–Kier alpha value is -1.74. The molecule has 3 heteroatoms. The monoisotopic (exact) mass is 238 g/mol. The van der Waals surface area contributed by atoms with Crippen molar-refractivity contribution in [2.75, 3.05) is 4.90 Å². The first-order valence-electron chi connectivity index (χ1n) is 5.60. The van der Waals surface area contributed by atoms with Crippen LogP contribution >= 0.6 is 11.8 Å². The van der Waals surface area contributed by atoms with E-state index >= 15 is 0 Å². The molecule has 0 saturated carbocycles. The van der Waals surface area contributed by atoms with Crippen LogP contribution in [0.4, 0.5) is 5.69 Å². The van der Waals surface area contributed by atoms with Crippen LogP contribution in [0.1, 0.15) is 0 Å². The van der Waals surface area contributed by atoms with Gasteiger partial charge in [0.25, 0.3) is 0 Å². The summed E-state index contributed by atoms with van der Waals surface area (Å²) in [5.74, 6) is 0. The number of fused-ring (bicyclic) bond motifs is 2. The normalized spacial score (nSPS) is 23.8. The van der Waals surface area contributed by atoms with Crippen molar-refractivity contribution in [3.8, 4) is 0 Å². The second-order valence-electron chi connectivity index (χ2n) is 4.20. The number of para-hydroxylation sites is 1. The van der Waals surface area contributed by atoms with Gasteiger partial charge in [-0.1, -0.05) is 36.0 Å². The van der Waals surface area contributed by atoms with Crippen LogP contribution in [-0.2, 0) is 0 Å². The fourth-order valence-electron chi connectivity index (χ4n) is 2.44. The van der Waals surface area contributed by atoms with Crippen LogP contribution in [0.15, 0.2) is 69.1 Å². The van der Waals surface area contributed by atoms with Crippen LogP contribution in [0.3, 0.4) is 0 Å². The number of rotatable bonds is 0. The molecule has 1 atom stereocenters. The largest absolute Gasteiger partial charge is 0.319 e. The highest BCUT2D eigenvalue weighted by atomic mass is 32.2. The van der Waals surface area contributed by atoms with Gasteiger partial charge in [0.1, 0.15) is 0 Å².